The van der Waals surface area contributed by atoms with Gasteiger partial charge in [-0.3, -0.25) is 0 Å². The van der Waals surface area contributed by atoms with E-state index < -0.39 is 5.60 Å². The Labute approximate surface area is 110 Å². The van der Waals surface area contributed by atoms with Gasteiger partial charge in [0.1, 0.15) is 5.60 Å². The summed E-state index contributed by atoms with van der Waals surface area (Å²) in [5.41, 5.74) is -0.391. The average Bonchev–Trinajstić information content (AvgIpc) is 2.76. The van der Waals surface area contributed by atoms with Crippen molar-refractivity contribution in [3.05, 3.63) is 0 Å². The second kappa shape index (κ2) is 5.47. The fourth-order valence-electron chi connectivity index (χ4n) is 3.06. The molecule has 0 aromatic carbocycles. The number of hydrogen-bond donors (Lipinski definition) is 1. The first-order valence-corrected chi connectivity index (χ1v) is 7.18. The van der Waals surface area contributed by atoms with Crippen molar-refractivity contribution in [1.82, 2.24) is 10.2 Å². The maximum atomic E-state index is 12.2. The summed E-state index contributed by atoms with van der Waals surface area (Å²) in [6, 6.07) is 0.405. The lowest BCUT2D eigenvalue weighted by Crippen LogP contribution is -2.45. The lowest BCUT2D eigenvalue weighted by atomic mass is 9.89. The Bertz CT molecular complexity index is 293. The van der Waals surface area contributed by atoms with Crippen molar-refractivity contribution >= 4 is 6.09 Å². The first-order valence-electron chi connectivity index (χ1n) is 7.18. The Morgan fingerprint density at radius 1 is 1.22 bits per heavy atom. The van der Waals surface area contributed by atoms with Gasteiger partial charge in [0.15, 0.2) is 0 Å². The molecule has 4 heteroatoms. The van der Waals surface area contributed by atoms with Crippen LogP contribution in [-0.4, -0.2) is 42.3 Å². The summed E-state index contributed by atoms with van der Waals surface area (Å²) in [6.07, 6.45) is 4.51. The van der Waals surface area contributed by atoms with E-state index in [0.29, 0.717) is 12.0 Å². The molecule has 0 bridgehead atoms. The number of likely N-dealkylation sites (tertiary alicyclic amines) is 1. The van der Waals surface area contributed by atoms with E-state index in [1.807, 2.05) is 25.7 Å². The van der Waals surface area contributed by atoms with Crippen LogP contribution < -0.4 is 5.32 Å². The third-order valence-electron chi connectivity index (χ3n) is 3.86. The molecule has 0 aromatic rings. The number of amides is 1. The second-order valence-corrected chi connectivity index (χ2v) is 6.47. The molecule has 2 fully saturated rings. The Balaban J connectivity index is 1.96. The number of hydrogen-bond acceptors (Lipinski definition) is 3. The minimum atomic E-state index is -0.391. The molecule has 1 N–H and O–H groups in total. The number of nitrogens with one attached hydrogen (secondary N) is 1. The van der Waals surface area contributed by atoms with E-state index in [2.05, 4.69) is 5.32 Å². The van der Waals surface area contributed by atoms with Crippen LogP contribution in [0.25, 0.3) is 0 Å². The largest absolute Gasteiger partial charge is 0.444 e. The molecule has 104 valence electrons. The predicted octanol–water partition coefficient (Wildman–Crippen LogP) is 2.39. The van der Waals surface area contributed by atoms with E-state index in [-0.39, 0.29) is 6.09 Å². The van der Waals surface area contributed by atoms with Crippen LogP contribution in [0, 0.1) is 5.92 Å². The smallest absolute Gasteiger partial charge is 0.410 e. The Morgan fingerprint density at radius 2 is 1.89 bits per heavy atom. The monoisotopic (exact) mass is 254 g/mol. The molecule has 0 radical (unpaired) electrons. The van der Waals surface area contributed by atoms with Gasteiger partial charge in [0.05, 0.1) is 0 Å². The van der Waals surface area contributed by atoms with Gasteiger partial charge in [-0.25, -0.2) is 4.79 Å². The number of piperidine rings is 1. The van der Waals surface area contributed by atoms with Crippen molar-refractivity contribution < 1.29 is 9.53 Å². The van der Waals surface area contributed by atoms with Gasteiger partial charge in [-0.05, 0) is 65.5 Å². The SMILES string of the molecule is CC(C)(C)OC(=O)N1CCCC1C1CCNCC1. The van der Waals surface area contributed by atoms with Crippen molar-refractivity contribution in [2.45, 2.75) is 58.1 Å². The van der Waals surface area contributed by atoms with Crippen LogP contribution in [-0.2, 0) is 4.74 Å². The van der Waals surface area contributed by atoms with Crippen LogP contribution >= 0.6 is 0 Å². The highest BCUT2D eigenvalue weighted by Crippen LogP contribution is 2.30. The van der Waals surface area contributed by atoms with E-state index in [9.17, 15) is 4.79 Å². The van der Waals surface area contributed by atoms with Gasteiger partial charge in [0, 0.05) is 12.6 Å². The molecule has 0 saturated carbocycles. The second-order valence-electron chi connectivity index (χ2n) is 6.47. The topological polar surface area (TPSA) is 41.6 Å². The molecule has 0 spiro atoms. The quantitative estimate of drug-likeness (QED) is 0.781. The Morgan fingerprint density at radius 3 is 2.50 bits per heavy atom. The van der Waals surface area contributed by atoms with Crippen molar-refractivity contribution in [3.8, 4) is 0 Å². The molecule has 2 heterocycles. The summed E-state index contributed by atoms with van der Waals surface area (Å²) in [5, 5.41) is 3.39. The number of carbonyl (C=O) groups excluding carboxylic acids is 1. The third kappa shape index (κ3) is 3.37. The fraction of sp³-hybridized carbons (Fsp3) is 0.929. The minimum Gasteiger partial charge on any atom is -0.444 e. The zero-order valence-corrected chi connectivity index (χ0v) is 11.9. The maximum absolute atomic E-state index is 12.2. The molecule has 2 aliphatic rings. The fourth-order valence-corrected chi connectivity index (χ4v) is 3.06. The Hall–Kier alpha value is -0.770. The van der Waals surface area contributed by atoms with Crippen molar-refractivity contribution in [1.29, 1.82) is 0 Å². The van der Waals surface area contributed by atoms with Crippen LogP contribution in [0.2, 0.25) is 0 Å². The van der Waals surface area contributed by atoms with Crippen molar-refractivity contribution in [3.63, 3.8) is 0 Å². The molecular weight excluding hydrogens is 228 g/mol. The molecule has 2 saturated heterocycles. The van der Waals surface area contributed by atoms with E-state index in [0.717, 1.165) is 32.5 Å². The van der Waals surface area contributed by atoms with Gasteiger partial charge in [-0.15, -0.1) is 0 Å². The number of nitrogens with zero attached hydrogens (tertiary/aromatic N) is 1. The zero-order valence-electron chi connectivity index (χ0n) is 11.9. The first-order chi connectivity index (χ1) is 8.47. The summed E-state index contributed by atoms with van der Waals surface area (Å²) in [6.45, 7) is 8.83. The lowest BCUT2D eigenvalue weighted by Gasteiger charge is -2.35. The van der Waals surface area contributed by atoms with Gasteiger partial charge in [-0.2, -0.15) is 0 Å². The van der Waals surface area contributed by atoms with Gasteiger partial charge in [0.2, 0.25) is 0 Å². The summed E-state index contributed by atoms with van der Waals surface area (Å²) in [7, 11) is 0. The maximum Gasteiger partial charge on any atom is 0.410 e. The molecule has 0 aliphatic carbocycles. The standard InChI is InChI=1S/C14H26N2O2/c1-14(2,3)18-13(17)16-10-4-5-12(16)11-6-8-15-9-7-11/h11-12,15H,4-10H2,1-3H3. The van der Waals surface area contributed by atoms with Crippen LogP contribution in [0.4, 0.5) is 4.79 Å². The molecule has 4 nitrogen and oxygen atoms in total. The third-order valence-corrected chi connectivity index (χ3v) is 3.86. The van der Waals surface area contributed by atoms with E-state index in [1.165, 1.54) is 12.8 Å². The van der Waals surface area contributed by atoms with Gasteiger partial charge < -0.3 is 15.0 Å². The van der Waals surface area contributed by atoms with Crippen molar-refractivity contribution in [2.24, 2.45) is 5.92 Å². The van der Waals surface area contributed by atoms with Crippen molar-refractivity contribution in [2.75, 3.05) is 19.6 Å². The first kappa shape index (κ1) is 13.7. The van der Waals surface area contributed by atoms with Gasteiger partial charge in [0.25, 0.3) is 0 Å². The molecule has 2 rings (SSSR count). The summed E-state index contributed by atoms with van der Waals surface area (Å²) >= 11 is 0. The number of rotatable bonds is 1. The minimum absolute atomic E-state index is 0.122. The summed E-state index contributed by atoms with van der Waals surface area (Å²) in [4.78, 5) is 14.2. The molecular formula is C14H26N2O2. The highest BCUT2D eigenvalue weighted by molar-refractivity contribution is 5.69. The average molecular weight is 254 g/mol. The molecule has 1 unspecified atom stereocenters. The molecule has 2 aliphatic heterocycles. The molecule has 1 atom stereocenters. The van der Waals surface area contributed by atoms with Crippen LogP contribution in [0.3, 0.4) is 0 Å². The summed E-state index contributed by atoms with van der Waals surface area (Å²) < 4.78 is 5.51. The number of ether oxygens (including phenoxy) is 1. The highest BCUT2D eigenvalue weighted by Gasteiger charge is 2.37. The normalized spacial score (nSPS) is 26.4. The summed E-state index contributed by atoms with van der Waals surface area (Å²) in [5.74, 6) is 0.654. The highest BCUT2D eigenvalue weighted by atomic mass is 16.6. The molecule has 18 heavy (non-hydrogen) atoms. The molecule has 0 aromatic heterocycles. The van der Waals surface area contributed by atoms with E-state index in [1.54, 1.807) is 0 Å². The molecule has 1 amide bonds. The zero-order chi connectivity index (χ0) is 13.2. The van der Waals surface area contributed by atoms with Crippen LogP contribution in [0.15, 0.2) is 0 Å². The van der Waals surface area contributed by atoms with E-state index >= 15 is 0 Å². The van der Waals surface area contributed by atoms with Crippen LogP contribution in [0.1, 0.15) is 46.5 Å². The Kier molecular flexibility index (Phi) is 4.15. The van der Waals surface area contributed by atoms with Gasteiger partial charge >= 0.3 is 6.09 Å². The van der Waals surface area contributed by atoms with Crippen LogP contribution in [0.5, 0.6) is 0 Å². The predicted molar refractivity (Wildman–Crippen MR) is 71.6 cm³/mol. The number of carbonyl (C=O) groups is 1. The van der Waals surface area contributed by atoms with Gasteiger partial charge in [-0.1, -0.05) is 0 Å². The van der Waals surface area contributed by atoms with E-state index in [4.69, 9.17) is 4.74 Å². The lowest BCUT2D eigenvalue weighted by molar-refractivity contribution is 0.0160.